The molecule has 0 fully saturated rings. The first-order valence-electron chi connectivity index (χ1n) is 6.76. The van der Waals surface area contributed by atoms with Crippen molar-refractivity contribution in [2.24, 2.45) is 0 Å². The molecule has 20 heavy (non-hydrogen) atoms. The highest BCUT2D eigenvalue weighted by atomic mass is 16.1. The summed E-state index contributed by atoms with van der Waals surface area (Å²) in [5.41, 5.74) is 0.128. The Morgan fingerprint density at radius 1 is 0.500 bits per heavy atom. The van der Waals surface area contributed by atoms with Crippen LogP contribution in [0.2, 0.25) is 0 Å². The molecule has 0 radical (unpaired) electrons. The van der Waals surface area contributed by atoms with Gasteiger partial charge in [0.2, 0.25) is 0 Å². The minimum atomic E-state index is 0.128. The first-order chi connectivity index (χ1) is 9.84. The third-order valence-electron chi connectivity index (χ3n) is 4.36. The predicted molar refractivity (Wildman–Crippen MR) is 85.1 cm³/mol. The molecule has 0 aliphatic carbocycles. The summed E-state index contributed by atoms with van der Waals surface area (Å²) in [6.07, 6.45) is 0. The molecule has 0 spiro atoms. The zero-order chi connectivity index (χ0) is 13.3. The van der Waals surface area contributed by atoms with Crippen molar-refractivity contribution in [2.75, 3.05) is 0 Å². The molecule has 5 aromatic rings. The van der Waals surface area contributed by atoms with E-state index in [9.17, 15) is 4.79 Å². The van der Waals surface area contributed by atoms with Crippen LogP contribution in [0.25, 0.3) is 43.1 Å². The Morgan fingerprint density at radius 2 is 1.05 bits per heavy atom. The van der Waals surface area contributed by atoms with E-state index in [1.54, 1.807) is 6.07 Å². The second-order valence-corrected chi connectivity index (χ2v) is 5.36. The first kappa shape index (κ1) is 10.2. The second-order valence-electron chi connectivity index (χ2n) is 5.36. The molecule has 0 saturated carbocycles. The lowest BCUT2D eigenvalue weighted by Crippen LogP contribution is -1.91. The van der Waals surface area contributed by atoms with Crippen molar-refractivity contribution >= 4 is 43.1 Å². The van der Waals surface area contributed by atoms with Crippen molar-refractivity contribution < 1.29 is 0 Å². The maximum absolute atomic E-state index is 12.2. The third kappa shape index (κ3) is 1.03. The Balaban J connectivity index is 2.36. The van der Waals surface area contributed by atoms with Crippen molar-refractivity contribution in [3.05, 3.63) is 70.9 Å². The maximum atomic E-state index is 12.2. The summed E-state index contributed by atoms with van der Waals surface area (Å²) in [5.74, 6) is 0. The molecule has 1 heteroatoms. The van der Waals surface area contributed by atoms with Crippen molar-refractivity contribution in [1.29, 1.82) is 0 Å². The van der Waals surface area contributed by atoms with Crippen LogP contribution in [0, 0.1) is 0 Å². The molecule has 5 aromatic carbocycles. The van der Waals surface area contributed by atoms with Gasteiger partial charge >= 0.3 is 0 Å². The average Bonchev–Trinajstić information content (AvgIpc) is 3.09. The zero-order valence-electron chi connectivity index (χ0n) is 10.7. The number of benzene rings is 1. The zero-order valence-corrected chi connectivity index (χ0v) is 10.7. The topological polar surface area (TPSA) is 17.1 Å². The summed E-state index contributed by atoms with van der Waals surface area (Å²) in [7, 11) is 0. The van der Waals surface area contributed by atoms with Crippen LogP contribution in [-0.4, -0.2) is 0 Å². The van der Waals surface area contributed by atoms with Crippen LogP contribution in [0.3, 0.4) is 0 Å². The van der Waals surface area contributed by atoms with E-state index in [0.29, 0.717) is 0 Å². The molecule has 0 N–H and O–H groups in total. The Hall–Kier alpha value is -2.67. The molecule has 0 aliphatic heterocycles. The molecule has 0 heterocycles. The Labute approximate surface area is 114 Å². The van der Waals surface area contributed by atoms with Gasteiger partial charge in [-0.25, -0.2) is 0 Å². The molecule has 0 amide bonds. The summed E-state index contributed by atoms with van der Waals surface area (Å²) >= 11 is 0. The van der Waals surface area contributed by atoms with E-state index < -0.39 is 0 Å². The SMILES string of the molecule is O=c1ccc2c3ccc4ccccc5ccc(c12)c5c43. The normalized spacial score (nSPS) is 12.2. The molecule has 92 valence electrons. The first-order valence-corrected chi connectivity index (χ1v) is 6.76. The Bertz CT molecular complexity index is 1150. The summed E-state index contributed by atoms with van der Waals surface area (Å²) < 4.78 is 0. The predicted octanol–water partition coefficient (Wildman–Crippen LogP) is 4.54. The monoisotopic (exact) mass is 254 g/mol. The van der Waals surface area contributed by atoms with Gasteiger partial charge in [-0.3, -0.25) is 4.79 Å². The fourth-order valence-electron chi connectivity index (χ4n) is 3.54. The van der Waals surface area contributed by atoms with E-state index in [-0.39, 0.29) is 5.43 Å². The molecule has 1 nitrogen and oxygen atoms in total. The minimum Gasteiger partial charge on any atom is -0.289 e. The highest BCUT2D eigenvalue weighted by molar-refractivity contribution is 6.34. The van der Waals surface area contributed by atoms with Crippen molar-refractivity contribution in [1.82, 2.24) is 0 Å². The van der Waals surface area contributed by atoms with E-state index in [2.05, 4.69) is 48.5 Å². The smallest absolute Gasteiger partial charge is 0.187 e. The molecule has 0 unspecified atom stereocenters. The molecule has 0 atom stereocenters. The third-order valence-corrected chi connectivity index (χ3v) is 4.36. The van der Waals surface area contributed by atoms with Crippen molar-refractivity contribution in [3.63, 3.8) is 0 Å². The highest BCUT2D eigenvalue weighted by Gasteiger charge is 2.15. The van der Waals surface area contributed by atoms with Crippen LogP contribution in [0.4, 0.5) is 0 Å². The number of hydrogen-bond donors (Lipinski definition) is 0. The summed E-state index contributed by atoms with van der Waals surface area (Å²) in [6, 6.07) is 20.5. The summed E-state index contributed by atoms with van der Waals surface area (Å²) in [6.45, 7) is 0. The quantitative estimate of drug-likeness (QED) is 0.396. The van der Waals surface area contributed by atoms with Crippen molar-refractivity contribution in [3.8, 4) is 0 Å². The lowest BCUT2D eigenvalue weighted by molar-refractivity contribution is 1.83. The minimum absolute atomic E-state index is 0.128. The number of fused-ring (bicyclic) bond motifs is 3. The summed E-state index contributed by atoms with van der Waals surface area (Å²) in [4.78, 5) is 12.2. The van der Waals surface area contributed by atoms with Gasteiger partial charge in [0.05, 0.1) is 0 Å². The largest absolute Gasteiger partial charge is 0.289 e. The molecule has 0 aromatic heterocycles. The van der Waals surface area contributed by atoms with Gasteiger partial charge in [0, 0.05) is 5.39 Å². The van der Waals surface area contributed by atoms with Gasteiger partial charge in [0.1, 0.15) is 0 Å². The fraction of sp³-hybridized carbons (Fsp3) is 0. The van der Waals surface area contributed by atoms with E-state index in [1.807, 2.05) is 6.07 Å². The molecular weight excluding hydrogens is 244 g/mol. The van der Waals surface area contributed by atoms with Crippen LogP contribution < -0.4 is 5.43 Å². The van der Waals surface area contributed by atoms with Crippen LogP contribution in [0.15, 0.2) is 65.5 Å². The average molecular weight is 254 g/mol. The van der Waals surface area contributed by atoms with Gasteiger partial charge in [-0.15, -0.1) is 0 Å². The van der Waals surface area contributed by atoms with Crippen LogP contribution in [0.5, 0.6) is 0 Å². The summed E-state index contributed by atoms with van der Waals surface area (Å²) in [5, 5.41) is 9.16. The molecular formula is C19H10O. The van der Waals surface area contributed by atoms with Gasteiger partial charge in [-0.2, -0.15) is 0 Å². The maximum Gasteiger partial charge on any atom is 0.187 e. The van der Waals surface area contributed by atoms with Crippen LogP contribution in [-0.2, 0) is 0 Å². The molecule has 0 aliphatic rings. The van der Waals surface area contributed by atoms with Gasteiger partial charge in [-0.05, 0) is 49.8 Å². The highest BCUT2D eigenvalue weighted by Crippen LogP contribution is 2.40. The molecule has 5 rings (SSSR count). The lowest BCUT2D eigenvalue weighted by Gasteiger charge is -2.01. The van der Waals surface area contributed by atoms with E-state index in [4.69, 9.17) is 0 Å². The van der Waals surface area contributed by atoms with Crippen LogP contribution in [0.1, 0.15) is 0 Å². The molecule has 0 bridgehead atoms. The van der Waals surface area contributed by atoms with Gasteiger partial charge in [-0.1, -0.05) is 48.5 Å². The Kier molecular flexibility index (Phi) is 1.65. The molecule has 0 saturated heterocycles. The van der Waals surface area contributed by atoms with Crippen LogP contribution >= 0.6 is 0 Å². The number of rotatable bonds is 0. The second kappa shape index (κ2) is 3.26. The van der Waals surface area contributed by atoms with E-state index >= 15 is 0 Å². The van der Waals surface area contributed by atoms with E-state index in [0.717, 1.165) is 16.2 Å². The van der Waals surface area contributed by atoms with Gasteiger partial charge in [0.15, 0.2) is 5.43 Å². The fourth-order valence-corrected chi connectivity index (χ4v) is 3.54. The van der Waals surface area contributed by atoms with Gasteiger partial charge < -0.3 is 0 Å². The van der Waals surface area contributed by atoms with E-state index in [1.165, 1.54) is 26.9 Å². The van der Waals surface area contributed by atoms with Crippen molar-refractivity contribution in [2.45, 2.75) is 0 Å². The number of hydrogen-bond acceptors (Lipinski definition) is 1. The standard InChI is InChI=1S/C19H10O/c20-16-10-9-14-13-7-5-11-3-1-2-4-12-6-8-15(19(14)16)18(12)17(11)13/h1-10H. The van der Waals surface area contributed by atoms with Gasteiger partial charge in [0.25, 0.3) is 0 Å². The lowest BCUT2D eigenvalue weighted by atomic mass is 10.0. The Morgan fingerprint density at radius 3 is 1.80 bits per heavy atom.